The lowest BCUT2D eigenvalue weighted by Crippen LogP contribution is -2.11. The number of hydrogen-bond acceptors (Lipinski definition) is 4. The Morgan fingerprint density at radius 1 is 1.00 bits per heavy atom. The summed E-state index contributed by atoms with van der Waals surface area (Å²) >= 11 is 10.9. The van der Waals surface area contributed by atoms with Gasteiger partial charge in [0.05, 0.1) is 17.7 Å². The molecule has 0 saturated carbocycles. The maximum absolute atomic E-state index is 11.7. The van der Waals surface area contributed by atoms with E-state index >= 15 is 0 Å². The van der Waals surface area contributed by atoms with Gasteiger partial charge in [0.1, 0.15) is 11.4 Å². The summed E-state index contributed by atoms with van der Waals surface area (Å²) in [4.78, 5) is 22.6. The monoisotopic (exact) mass is 332 g/mol. The van der Waals surface area contributed by atoms with Crippen molar-refractivity contribution in [2.75, 3.05) is 13.2 Å². The molecule has 0 N–H and O–H groups in total. The van der Waals surface area contributed by atoms with E-state index in [4.69, 9.17) is 32.7 Å². The van der Waals surface area contributed by atoms with Crippen molar-refractivity contribution in [2.24, 2.45) is 0 Å². The minimum absolute atomic E-state index is 0.0802. The van der Waals surface area contributed by atoms with Gasteiger partial charge in [0.25, 0.3) is 0 Å². The highest BCUT2D eigenvalue weighted by molar-refractivity contribution is 6.44. The van der Waals surface area contributed by atoms with Crippen LogP contribution in [-0.4, -0.2) is 30.0 Å². The summed E-state index contributed by atoms with van der Waals surface area (Å²) in [6.45, 7) is 2.41. The van der Waals surface area contributed by atoms with Gasteiger partial charge in [-0.3, -0.25) is 0 Å². The summed E-state index contributed by atoms with van der Waals surface area (Å²) in [5, 5.41) is 0. The molecule has 0 fully saturated rings. The summed E-state index contributed by atoms with van der Waals surface area (Å²) in [7, 11) is 0. The largest absolute Gasteiger partial charge is 0.462 e. The summed E-state index contributed by atoms with van der Waals surface area (Å²) < 4.78 is 9.98. The zero-order valence-electron chi connectivity index (χ0n) is 11.8. The minimum atomic E-state index is -0.758. The zero-order chi connectivity index (χ0) is 15.7. The Balaban J connectivity index is 2.49. The fourth-order valence-corrected chi connectivity index (χ4v) is 1.69. The predicted molar refractivity (Wildman–Crippen MR) is 82.0 cm³/mol. The van der Waals surface area contributed by atoms with Crippen molar-refractivity contribution in [3.63, 3.8) is 0 Å². The lowest BCUT2D eigenvalue weighted by molar-refractivity contribution is 0.0491. The highest BCUT2D eigenvalue weighted by Crippen LogP contribution is 2.10. The molecule has 0 aliphatic carbocycles. The van der Waals surface area contributed by atoms with Crippen LogP contribution < -0.4 is 0 Å². The highest BCUT2D eigenvalue weighted by atomic mass is 35.5. The summed E-state index contributed by atoms with van der Waals surface area (Å²) in [6, 6.07) is 6.06. The lowest BCUT2D eigenvalue weighted by Gasteiger charge is -2.06. The second-order valence-corrected chi connectivity index (χ2v) is 5.69. The molecule has 1 aromatic carbocycles. The standard InChI is InChI=1S/C15H18Cl2O4/c1-2-3-4-9-20-14(18)11-5-7-12(8-6-11)15(19)21-10-13(16)17/h5-8,13H,2-4,9-10H2,1H3. The molecular formula is C15H18Cl2O4. The van der Waals surface area contributed by atoms with Gasteiger partial charge in [0.2, 0.25) is 0 Å². The Kier molecular flexibility index (Phi) is 8.16. The topological polar surface area (TPSA) is 52.6 Å². The fraction of sp³-hybridized carbons (Fsp3) is 0.467. The van der Waals surface area contributed by atoms with E-state index in [2.05, 4.69) is 6.92 Å². The lowest BCUT2D eigenvalue weighted by atomic mass is 10.1. The number of esters is 2. The Bertz CT molecular complexity index is 457. The van der Waals surface area contributed by atoms with Crippen molar-refractivity contribution >= 4 is 35.1 Å². The molecule has 21 heavy (non-hydrogen) atoms. The molecule has 116 valence electrons. The van der Waals surface area contributed by atoms with Crippen LogP contribution in [0.4, 0.5) is 0 Å². The zero-order valence-corrected chi connectivity index (χ0v) is 13.3. The first-order valence-electron chi connectivity index (χ1n) is 6.77. The van der Waals surface area contributed by atoms with Gasteiger partial charge in [0.15, 0.2) is 0 Å². The molecule has 0 aliphatic heterocycles. The van der Waals surface area contributed by atoms with Crippen LogP contribution in [0.15, 0.2) is 24.3 Å². The number of carbonyl (C=O) groups is 2. The van der Waals surface area contributed by atoms with E-state index < -0.39 is 16.8 Å². The van der Waals surface area contributed by atoms with Crippen molar-refractivity contribution in [1.82, 2.24) is 0 Å². The molecule has 0 spiro atoms. The molecule has 1 rings (SSSR count). The van der Waals surface area contributed by atoms with Crippen LogP contribution in [-0.2, 0) is 9.47 Å². The molecule has 0 aliphatic rings. The van der Waals surface area contributed by atoms with Crippen molar-refractivity contribution in [2.45, 2.75) is 31.0 Å². The van der Waals surface area contributed by atoms with Gasteiger partial charge in [-0.05, 0) is 30.7 Å². The number of unbranched alkanes of at least 4 members (excludes halogenated alkanes) is 2. The maximum atomic E-state index is 11.7. The summed E-state index contributed by atoms with van der Waals surface area (Å²) in [6.07, 6.45) is 2.95. The second-order valence-electron chi connectivity index (χ2n) is 4.41. The van der Waals surface area contributed by atoms with Crippen molar-refractivity contribution in [3.05, 3.63) is 35.4 Å². The molecule has 0 amide bonds. The second kappa shape index (κ2) is 9.64. The molecule has 0 heterocycles. The molecule has 4 nitrogen and oxygen atoms in total. The molecular weight excluding hydrogens is 315 g/mol. The van der Waals surface area contributed by atoms with Gasteiger partial charge >= 0.3 is 11.9 Å². The number of halogens is 2. The van der Waals surface area contributed by atoms with Gasteiger partial charge in [-0.25, -0.2) is 9.59 Å². The van der Waals surface area contributed by atoms with E-state index in [1.165, 1.54) is 24.3 Å². The molecule has 0 aromatic heterocycles. The van der Waals surface area contributed by atoms with Gasteiger partial charge in [-0.1, -0.05) is 19.8 Å². The van der Waals surface area contributed by atoms with Gasteiger partial charge in [-0.15, -0.1) is 23.2 Å². The molecule has 0 bridgehead atoms. The molecule has 0 atom stereocenters. The van der Waals surface area contributed by atoms with E-state index in [-0.39, 0.29) is 6.61 Å². The van der Waals surface area contributed by atoms with Crippen LogP contribution in [0.3, 0.4) is 0 Å². The van der Waals surface area contributed by atoms with Gasteiger partial charge in [0, 0.05) is 0 Å². The Hall–Kier alpha value is -1.26. The number of benzene rings is 1. The van der Waals surface area contributed by atoms with Crippen molar-refractivity contribution in [3.8, 4) is 0 Å². The molecule has 1 aromatic rings. The van der Waals surface area contributed by atoms with E-state index in [1.807, 2.05) is 0 Å². The first-order chi connectivity index (χ1) is 10.0. The van der Waals surface area contributed by atoms with Crippen molar-refractivity contribution in [1.29, 1.82) is 0 Å². The smallest absolute Gasteiger partial charge is 0.338 e. The van der Waals surface area contributed by atoms with E-state index in [0.29, 0.717) is 17.7 Å². The number of rotatable bonds is 8. The summed E-state index contributed by atoms with van der Waals surface area (Å²) in [5.41, 5.74) is 0.724. The third-order valence-electron chi connectivity index (χ3n) is 2.68. The first-order valence-corrected chi connectivity index (χ1v) is 7.64. The van der Waals surface area contributed by atoms with Gasteiger partial charge in [-0.2, -0.15) is 0 Å². The predicted octanol–water partition coefficient (Wildman–Crippen LogP) is 3.99. The maximum Gasteiger partial charge on any atom is 0.338 e. The van der Waals surface area contributed by atoms with Crippen LogP contribution in [0.5, 0.6) is 0 Å². The fourth-order valence-electron chi connectivity index (χ4n) is 1.56. The number of carbonyl (C=O) groups excluding carboxylic acids is 2. The number of hydrogen-bond donors (Lipinski definition) is 0. The first kappa shape index (κ1) is 17.8. The van der Waals surface area contributed by atoms with Crippen LogP contribution in [0, 0.1) is 0 Å². The SMILES string of the molecule is CCCCCOC(=O)c1ccc(C(=O)OCC(Cl)Cl)cc1. The average Bonchev–Trinajstić information content (AvgIpc) is 2.49. The van der Waals surface area contributed by atoms with E-state index in [0.717, 1.165) is 19.3 Å². The van der Waals surface area contributed by atoms with E-state index in [9.17, 15) is 9.59 Å². The minimum Gasteiger partial charge on any atom is -0.462 e. The van der Waals surface area contributed by atoms with Crippen LogP contribution >= 0.6 is 23.2 Å². The van der Waals surface area contributed by atoms with Crippen LogP contribution in [0.1, 0.15) is 46.9 Å². The molecule has 6 heteroatoms. The third-order valence-corrected chi connectivity index (χ3v) is 2.93. The normalized spacial score (nSPS) is 10.5. The highest BCUT2D eigenvalue weighted by Gasteiger charge is 2.12. The van der Waals surface area contributed by atoms with E-state index in [1.54, 1.807) is 0 Å². The Morgan fingerprint density at radius 2 is 1.52 bits per heavy atom. The summed E-state index contributed by atoms with van der Waals surface area (Å²) in [5.74, 6) is -0.934. The molecule has 0 unspecified atom stereocenters. The Labute approximate surface area is 134 Å². The average molecular weight is 333 g/mol. The van der Waals surface area contributed by atoms with Gasteiger partial charge < -0.3 is 9.47 Å². The van der Waals surface area contributed by atoms with Crippen LogP contribution in [0.25, 0.3) is 0 Å². The third kappa shape index (κ3) is 6.82. The van der Waals surface area contributed by atoms with Crippen LogP contribution in [0.2, 0.25) is 0 Å². The number of alkyl halides is 2. The quantitative estimate of drug-likeness (QED) is 0.410. The van der Waals surface area contributed by atoms with Crippen molar-refractivity contribution < 1.29 is 19.1 Å². The Morgan fingerprint density at radius 3 is 2.00 bits per heavy atom. The number of ether oxygens (including phenoxy) is 2. The molecule has 0 saturated heterocycles. The molecule has 0 radical (unpaired) electrons.